The van der Waals surface area contributed by atoms with E-state index in [0.29, 0.717) is 6.04 Å². The summed E-state index contributed by atoms with van der Waals surface area (Å²) in [7, 11) is 0. The van der Waals surface area contributed by atoms with E-state index in [1.165, 1.54) is 44.1 Å². The Morgan fingerprint density at radius 3 is 2.69 bits per heavy atom. The molecule has 0 aromatic heterocycles. The number of rotatable bonds is 6. The van der Waals surface area contributed by atoms with Crippen LogP contribution in [-0.2, 0) is 0 Å². The van der Waals surface area contributed by atoms with E-state index in [9.17, 15) is 0 Å². The van der Waals surface area contributed by atoms with Crippen LogP contribution in [0, 0.1) is 11.8 Å². The van der Waals surface area contributed by atoms with Crippen molar-refractivity contribution in [2.24, 2.45) is 11.8 Å². The second kappa shape index (κ2) is 7.11. The fourth-order valence-electron chi connectivity index (χ4n) is 3.05. The molecule has 3 atom stereocenters. The first kappa shape index (κ1) is 13.8. The third-order valence-electron chi connectivity index (χ3n) is 4.02. The van der Waals surface area contributed by atoms with E-state index in [-0.39, 0.29) is 0 Å². The molecule has 0 amide bonds. The van der Waals surface area contributed by atoms with Crippen molar-refractivity contribution in [2.75, 3.05) is 6.54 Å². The fourth-order valence-corrected chi connectivity index (χ4v) is 3.05. The molecule has 16 heavy (non-hydrogen) atoms. The lowest BCUT2D eigenvalue weighted by atomic mass is 9.75. The molecule has 1 fully saturated rings. The van der Waals surface area contributed by atoms with Crippen LogP contribution in [0.25, 0.3) is 0 Å². The molecule has 1 heteroatoms. The maximum Gasteiger partial charge on any atom is 0.0302 e. The fraction of sp³-hybridized carbons (Fsp3) is 0.867. The standard InChI is InChI=1S/C15H29N/c1-5-10-16-15(12(3)4)14-9-7-8-13(6-2)11-14/h13-16H,3,5-11H2,1-2,4H3. The molecular weight excluding hydrogens is 194 g/mol. The van der Waals surface area contributed by atoms with Crippen molar-refractivity contribution in [1.29, 1.82) is 0 Å². The molecule has 1 saturated carbocycles. The van der Waals surface area contributed by atoms with Crippen LogP contribution in [0.15, 0.2) is 12.2 Å². The first-order valence-corrected chi connectivity index (χ1v) is 7.07. The van der Waals surface area contributed by atoms with Crippen LogP contribution in [0.4, 0.5) is 0 Å². The van der Waals surface area contributed by atoms with E-state index in [2.05, 4.69) is 32.7 Å². The zero-order valence-corrected chi connectivity index (χ0v) is 11.4. The minimum atomic E-state index is 0.564. The van der Waals surface area contributed by atoms with Crippen molar-refractivity contribution in [3.05, 3.63) is 12.2 Å². The van der Waals surface area contributed by atoms with Gasteiger partial charge in [0.2, 0.25) is 0 Å². The summed E-state index contributed by atoms with van der Waals surface area (Å²) in [5.74, 6) is 1.80. The molecule has 1 aliphatic rings. The van der Waals surface area contributed by atoms with Gasteiger partial charge in [0.1, 0.15) is 0 Å². The zero-order chi connectivity index (χ0) is 12.0. The number of nitrogens with one attached hydrogen (secondary N) is 1. The molecule has 94 valence electrons. The molecule has 0 aliphatic heterocycles. The highest BCUT2D eigenvalue weighted by Crippen LogP contribution is 2.34. The lowest BCUT2D eigenvalue weighted by Crippen LogP contribution is -2.39. The second-order valence-electron chi connectivity index (χ2n) is 5.48. The molecule has 3 unspecified atom stereocenters. The molecular formula is C15H29N. The summed E-state index contributed by atoms with van der Waals surface area (Å²) in [6, 6.07) is 0.564. The van der Waals surface area contributed by atoms with Crippen molar-refractivity contribution in [3.63, 3.8) is 0 Å². The molecule has 0 aromatic carbocycles. The van der Waals surface area contributed by atoms with Gasteiger partial charge >= 0.3 is 0 Å². The molecule has 1 rings (SSSR count). The molecule has 1 aliphatic carbocycles. The largest absolute Gasteiger partial charge is 0.310 e. The average molecular weight is 223 g/mol. The predicted molar refractivity (Wildman–Crippen MR) is 72.6 cm³/mol. The van der Waals surface area contributed by atoms with Crippen molar-refractivity contribution in [3.8, 4) is 0 Å². The van der Waals surface area contributed by atoms with Crippen molar-refractivity contribution < 1.29 is 0 Å². The minimum absolute atomic E-state index is 0.564. The van der Waals surface area contributed by atoms with Gasteiger partial charge in [-0.1, -0.05) is 45.3 Å². The molecule has 0 saturated heterocycles. The highest BCUT2D eigenvalue weighted by Gasteiger charge is 2.27. The van der Waals surface area contributed by atoms with Gasteiger partial charge in [-0.3, -0.25) is 0 Å². The van der Waals surface area contributed by atoms with Gasteiger partial charge in [0.15, 0.2) is 0 Å². The summed E-state index contributed by atoms with van der Waals surface area (Å²) in [6.45, 7) is 12.1. The van der Waals surface area contributed by atoms with E-state index in [0.717, 1.165) is 18.4 Å². The van der Waals surface area contributed by atoms with Gasteiger partial charge in [-0.05, 0) is 44.6 Å². The first-order chi connectivity index (χ1) is 7.69. The Morgan fingerprint density at radius 1 is 1.38 bits per heavy atom. The van der Waals surface area contributed by atoms with E-state index < -0.39 is 0 Å². The maximum atomic E-state index is 4.17. The molecule has 0 bridgehead atoms. The van der Waals surface area contributed by atoms with Gasteiger partial charge in [0.05, 0.1) is 0 Å². The summed E-state index contributed by atoms with van der Waals surface area (Å²) < 4.78 is 0. The number of hydrogen-bond acceptors (Lipinski definition) is 1. The minimum Gasteiger partial charge on any atom is -0.310 e. The molecule has 0 heterocycles. The quantitative estimate of drug-likeness (QED) is 0.667. The lowest BCUT2D eigenvalue weighted by molar-refractivity contribution is 0.224. The lowest BCUT2D eigenvalue weighted by Gasteiger charge is -2.35. The third-order valence-corrected chi connectivity index (χ3v) is 4.02. The topological polar surface area (TPSA) is 12.0 Å². The summed E-state index contributed by atoms with van der Waals surface area (Å²) in [5.41, 5.74) is 1.33. The van der Waals surface area contributed by atoms with Gasteiger partial charge in [-0.2, -0.15) is 0 Å². The Bertz CT molecular complexity index is 209. The van der Waals surface area contributed by atoms with Crippen LogP contribution in [0.1, 0.15) is 59.3 Å². The van der Waals surface area contributed by atoms with Crippen molar-refractivity contribution >= 4 is 0 Å². The Hall–Kier alpha value is -0.300. The van der Waals surface area contributed by atoms with Gasteiger partial charge in [0.25, 0.3) is 0 Å². The second-order valence-corrected chi connectivity index (χ2v) is 5.48. The van der Waals surface area contributed by atoms with Gasteiger partial charge in [0, 0.05) is 6.04 Å². The van der Waals surface area contributed by atoms with Crippen molar-refractivity contribution in [2.45, 2.75) is 65.3 Å². The van der Waals surface area contributed by atoms with E-state index >= 15 is 0 Å². The zero-order valence-electron chi connectivity index (χ0n) is 11.4. The highest BCUT2D eigenvalue weighted by atomic mass is 14.9. The first-order valence-electron chi connectivity index (χ1n) is 7.07. The predicted octanol–water partition coefficient (Wildman–Crippen LogP) is 4.15. The SMILES string of the molecule is C=C(C)C(NCCC)C1CCCC(CC)C1. The van der Waals surface area contributed by atoms with E-state index in [1.807, 2.05) is 0 Å². The van der Waals surface area contributed by atoms with Crippen LogP contribution >= 0.6 is 0 Å². The number of hydrogen-bond donors (Lipinski definition) is 1. The Kier molecular flexibility index (Phi) is 6.12. The Balaban J connectivity index is 2.52. The van der Waals surface area contributed by atoms with Crippen LogP contribution < -0.4 is 5.32 Å². The third kappa shape index (κ3) is 3.93. The Morgan fingerprint density at radius 2 is 2.12 bits per heavy atom. The molecule has 0 spiro atoms. The van der Waals surface area contributed by atoms with Crippen LogP contribution in [0.3, 0.4) is 0 Å². The average Bonchev–Trinajstić information content (AvgIpc) is 2.29. The summed E-state index contributed by atoms with van der Waals surface area (Å²) in [5, 5.41) is 3.68. The maximum absolute atomic E-state index is 4.17. The van der Waals surface area contributed by atoms with Crippen LogP contribution in [0.2, 0.25) is 0 Å². The molecule has 0 radical (unpaired) electrons. The molecule has 1 nitrogen and oxygen atoms in total. The van der Waals surface area contributed by atoms with Gasteiger partial charge in [-0.25, -0.2) is 0 Å². The summed E-state index contributed by atoms with van der Waals surface area (Å²) in [6.07, 6.45) is 8.24. The molecule has 1 N–H and O–H groups in total. The van der Waals surface area contributed by atoms with Crippen LogP contribution in [-0.4, -0.2) is 12.6 Å². The smallest absolute Gasteiger partial charge is 0.0302 e. The summed E-state index contributed by atoms with van der Waals surface area (Å²) in [4.78, 5) is 0. The highest BCUT2D eigenvalue weighted by molar-refractivity contribution is 5.05. The summed E-state index contributed by atoms with van der Waals surface area (Å²) >= 11 is 0. The molecule has 0 aromatic rings. The van der Waals surface area contributed by atoms with E-state index in [4.69, 9.17) is 0 Å². The monoisotopic (exact) mass is 223 g/mol. The van der Waals surface area contributed by atoms with Crippen molar-refractivity contribution in [1.82, 2.24) is 5.32 Å². The van der Waals surface area contributed by atoms with Gasteiger partial charge < -0.3 is 5.32 Å². The van der Waals surface area contributed by atoms with Gasteiger partial charge in [-0.15, -0.1) is 0 Å². The van der Waals surface area contributed by atoms with E-state index in [1.54, 1.807) is 0 Å². The normalized spacial score (nSPS) is 27.7. The van der Waals surface area contributed by atoms with Crippen LogP contribution in [0.5, 0.6) is 0 Å². The Labute approximate surface area is 102 Å².